The Morgan fingerprint density at radius 3 is 2.42 bits per heavy atom. The van der Waals surface area contributed by atoms with Gasteiger partial charge in [-0.2, -0.15) is 0 Å². The topological polar surface area (TPSA) is 40.5 Å². The molecule has 3 nitrogen and oxygen atoms in total. The lowest BCUT2D eigenvalue weighted by Gasteiger charge is -2.42. The SMILES string of the molecule is CC(C)(C)C1CCC(O)C(CN2CCS(=O)CC2)C1. The highest BCUT2D eigenvalue weighted by Crippen LogP contribution is 2.40. The first-order valence-electron chi connectivity index (χ1n) is 7.61. The van der Waals surface area contributed by atoms with Crippen LogP contribution in [0.15, 0.2) is 0 Å². The van der Waals surface area contributed by atoms with Gasteiger partial charge in [-0.3, -0.25) is 4.21 Å². The van der Waals surface area contributed by atoms with Crippen LogP contribution in [-0.2, 0) is 10.8 Å². The third kappa shape index (κ3) is 4.27. The summed E-state index contributed by atoms with van der Waals surface area (Å²) < 4.78 is 11.4. The van der Waals surface area contributed by atoms with Gasteiger partial charge in [-0.15, -0.1) is 0 Å². The molecule has 0 spiro atoms. The number of rotatable bonds is 2. The van der Waals surface area contributed by atoms with Crippen molar-refractivity contribution in [2.24, 2.45) is 17.3 Å². The maximum Gasteiger partial charge on any atom is 0.0580 e. The lowest BCUT2D eigenvalue weighted by Crippen LogP contribution is -2.45. The van der Waals surface area contributed by atoms with E-state index in [1.165, 1.54) is 0 Å². The van der Waals surface area contributed by atoms with Gasteiger partial charge >= 0.3 is 0 Å². The van der Waals surface area contributed by atoms with Gasteiger partial charge in [-0.25, -0.2) is 0 Å². The van der Waals surface area contributed by atoms with E-state index in [4.69, 9.17) is 0 Å². The molecule has 1 saturated heterocycles. The van der Waals surface area contributed by atoms with Crippen molar-refractivity contribution < 1.29 is 9.32 Å². The molecule has 0 aromatic carbocycles. The Hall–Kier alpha value is 0.0700. The summed E-state index contributed by atoms with van der Waals surface area (Å²) >= 11 is 0. The summed E-state index contributed by atoms with van der Waals surface area (Å²) in [5.41, 5.74) is 0.349. The van der Waals surface area contributed by atoms with E-state index in [-0.39, 0.29) is 6.10 Å². The Morgan fingerprint density at radius 1 is 1.21 bits per heavy atom. The van der Waals surface area contributed by atoms with Gasteiger partial charge in [0, 0.05) is 41.9 Å². The average Bonchev–Trinajstić information content (AvgIpc) is 2.33. The first-order valence-corrected chi connectivity index (χ1v) is 9.10. The van der Waals surface area contributed by atoms with Crippen LogP contribution in [0.25, 0.3) is 0 Å². The number of aliphatic hydroxyl groups is 1. The van der Waals surface area contributed by atoms with Gasteiger partial charge in [0.25, 0.3) is 0 Å². The highest BCUT2D eigenvalue weighted by atomic mass is 32.2. The summed E-state index contributed by atoms with van der Waals surface area (Å²) in [5.74, 6) is 2.75. The van der Waals surface area contributed by atoms with Crippen LogP contribution in [0.2, 0.25) is 0 Å². The van der Waals surface area contributed by atoms with E-state index in [1.54, 1.807) is 0 Å². The maximum absolute atomic E-state index is 11.4. The van der Waals surface area contributed by atoms with E-state index in [1.807, 2.05) is 0 Å². The van der Waals surface area contributed by atoms with E-state index >= 15 is 0 Å². The first-order chi connectivity index (χ1) is 8.86. The highest BCUT2D eigenvalue weighted by molar-refractivity contribution is 7.85. The smallest absolute Gasteiger partial charge is 0.0580 e. The summed E-state index contributed by atoms with van der Waals surface area (Å²) in [6.07, 6.45) is 3.12. The van der Waals surface area contributed by atoms with Crippen LogP contribution in [0, 0.1) is 17.3 Å². The molecule has 1 aliphatic carbocycles. The molecule has 3 atom stereocenters. The molecule has 112 valence electrons. The minimum atomic E-state index is -0.601. The van der Waals surface area contributed by atoms with Crippen molar-refractivity contribution >= 4 is 10.8 Å². The summed E-state index contributed by atoms with van der Waals surface area (Å²) in [7, 11) is -0.601. The number of aliphatic hydroxyl groups excluding tert-OH is 1. The zero-order valence-corrected chi connectivity index (χ0v) is 13.4. The number of hydrogen-bond acceptors (Lipinski definition) is 3. The van der Waals surface area contributed by atoms with Crippen LogP contribution in [0.5, 0.6) is 0 Å². The zero-order valence-electron chi connectivity index (χ0n) is 12.6. The van der Waals surface area contributed by atoms with E-state index < -0.39 is 10.8 Å². The van der Waals surface area contributed by atoms with Crippen LogP contribution in [0.4, 0.5) is 0 Å². The molecule has 2 aliphatic rings. The second-order valence-electron chi connectivity index (χ2n) is 7.35. The normalized spacial score (nSPS) is 35.5. The Balaban J connectivity index is 1.89. The van der Waals surface area contributed by atoms with Crippen molar-refractivity contribution in [3.63, 3.8) is 0 Å². The Morgan fingerprint density at radius 2 is 1.84 bits per heavy atom. The van der Waals surface area contributed by atoms with Gasteiger partial charge in [-0.05, 0) is 36.5 Å². The molecule has 0 radical (unpaired) electrons. The zero-order chi connectivity index (χ0) is 14.0. The van der Waals surface area contributed by atoms with E-state index in [0.717, 1.165) is 56.3 Å². The average molecular weight is 287 g/mol. The van der Waals surface area contributed by atoms with Crippen LogP contribution >= 0.6 is 0 Å². The van der Waals surface area contributed by atoms with Crippen molar-refractivity contribution in [3.05, 3.63) is 0 Å². The molecule has 1 saturated carbocycles. The third-order valence-electron chi connectivity index (χ3n) is 4.93. The quantitative estimate of drug-likeness (QED) is 0.843. The standard InChI is InChI=1S/C15H29NO2S/c1-15(2,3)13-4-5-14(17)12(10-13)11-16-6-8-19(18)9-7-16/h12-14,17H,4-11H2,1-3H3. The number of nitrogens with zero attached hydrogens (tertiary/aromatic N) is 1. The fourth-order valence-electron chi connectivity index (χ4n) is 3.42. The van der Waals surface area contributed by atoms with Gasteiger partial charge in [0.15, 0.2) is 0 Å². The molecule has 3 unspecified atom stereocenters. The Kier molecular flexibility index (Phi) is 5.07. The lowest BCUT2D eigenvalue weighted by molar-refractivity contribution is 0.00446. The molecule has 19 heavy (non-hydrogen) atoms. The van der Waals surface area contributed by atoms with Crippen molar-refractivity contribution in [2.75, 3.05) is 31.1 Å². The van der Waals surface area contributed by atoms with Gasteiger partial charge in [0.05, 0.1) is 6.10 Å². The Bertz CT molecular complexity index is 317. The largest absolute Gasteiger partial charge is 0.393 e. The van der Waals surface area contributed by atoms with Crippen molar-refractivity contribution in [1.29, 1.82) is 0 Å². The molecule has 2 fully saturated rings. The Labute approximate surface area is 120 Å². The first kappa shape index (κ1) is 15.5. The van der Waals surface area contributed by atoms with Crippen molar-refractivity contribution in [3.8, 4) is 0 Å². The van der Waals surface area contributed by atoms with Crippen LogP contribution in [-0.4, -0.2) is 51.5 Å². The predicted octanol–water partition coefficient (Wildman–Crippen LogP) is 1.87. The molecule has 0 aromatic heterocycles. The van der Waals surface area contributed by atoms with E-state index in [2.05, 4.69) is 25.7 Å². The third-order valence-corrected chi connectivity index (χ3v) is 6.21. The molecule has 1 aliphatic heterocycles. The van der Waals surface area contributed by atoms with Crippen LogP contribution in [0.1, 0.15) is 40.0 Å². The molecule has 0 aromatic rings. The summed E-state index contributed by atoms with van der Waals surface area (Å²) in [4.78, 5) is 2.40. The van der Waals surface area contributed by atoms with Gasteiger partial charge in [0.1, 0.15) is 0 Å². The summed E-state index contributed by atoms with van der Waals surface area (Å²) in [6, 6.07) is 0. The van der Waals surface area contributed by atoms with Gasteiger partial charge in [-0.1, -0.05) is 20.8 Å². The summed E-state index contributed by atoms with van der Waals surface area (Å²) in [5, 5.41) is 10.2. The molecule has 2 rings (SSSR count). The molecular formula is C15H29NO2S. The molecule has 0 amide bonds. The highest BCUT2D eigenvalue weighted by Gasteiger charge is 2.36. The fraction of sp³-hybridized carbons (Fsp3) is 1.00. The second kappa shape index (κ2) is 6.23. The maximum atomic E-state index is 11.4. The van der Waals surface area contributed by atoms with E-state index in [0.29, 0.717) is 11.3 Å². The second-order valence-corrected chi connectivity index (χ2v) is 9.05. The van der Waals surface area contributed by atoms with Crippen molar-refractivity contribution in [2.45, 2.75) is 46.1 Å². The molecule has 4 heteroatoms. The fourth-order valence-corrected chi connectivity index (χ4v) is 4.55. The van der Waals surface area contributed by atoms with Gasteiger partial charge in [0.2, 0.25) is 0 Å². The van der Waals surface area contributed by atoms with Crippen molar-refractivity contribution in [1.82, 2.24) is 4.90 Å². The number of hydrogen-bond donors (Lipinski definition) is 1. The molecule has 0 bridgehead atoms. The van der Waals surface area contributed by atoms with E-state index in [9.17, 15) is 9.32 Å². The van der Waals surface area contributed by atoms with Crippen LogP contribution < -0.4 is 0 Å². The monoisotopic (exact) mass is 287 g/mol. The lowest BCUT2D eigenvalue weighted by atomic mass is 9.68. The molecular weight excluding hydrogens is 258 g/mol. The minimum absolute atomic E-state index is 0.133. The molecule has 1 N–H and O–H groups in total. The van der Waals surface area contributed by atoms with Crippen LogP contribution in [0.3, 0.4) is 0 Å². The van der Waals surface area contributed by atoms with Gasteiger partial charge < -0.3 is 10.0 Å². The minimum Gasteiger partial charge on any atom is -0.393 e. The summed E-state index contributed by atoms with van der Waals surface area (Å²) in [6.45, 7) is 9.82. The predicted molar refractivity (Wildman–Crippen MR) is 80.6 cm³/mol. The molecule has 1 heterocycles.